The van der Waals surface area contributed by atoms with Gasteiger partial charge in [-0.25, -0.2) is 0 Å². The molecule has 1 saturated heterocycles. The molecule has 2 heterocycles. The number of benzene rings is 1. The van der Waals surface area contributed by atoms with Crippen molar-refractivity contribution in [3.63, 3.8) is 0 Å². The zero-order valence-electron chi connectivity index (χ0n) is 14.4. The maximum atomic E-state index is 11.5. The van der Waals surface area contributed by atoms with E-state index in [0.29, 0.717) is 12.0 Å². The van der Waals surface area contributed by atoms with E-state index in [0.717, 1.165) is 37.3 Å². The van der Waals surface area contributed by atoms with E-state index in [1.165, 1.54) is 35.3 Å². The van der Waals surface area contributed by atoms with Gasteiger partial charge in [0.15, 0.2) is 0 Å². The fourth-order valence-electron chi connectivity index (χ4n) is 4.51. The van der Waals surface area contributed by atoms with Gasteiger partial charge in [-0.3, -0.25) is 9.69 Å². The molecule has 4 rings (SSSR count). The summed E-state index contributed by atoms with van der Waals surface area (Å²) in [6.45, 7) is 3.63. The number of morpholine rings is 1. The molecule has 5 heteroatoms. The molecule has 1 saturated carbocycles. The number of thiophene rings is 1. The fraction of sp³-hybridized carbons (Fsp3) is 0.550. The van der Waals surface area contributed by atoms with Crippen LogP contribution in [0.5, 0.6) is 0 Å². The zero-order valence-corrected chi connectivity index (χ0v) is 15.3. The van der Waals surface area contributed by atoms with Crippen LogP contribution in [0, 0.1) is 0 Å². The van der Waals surface area contributed by atoms with E-state index in [-0.39, 0.29) is 6.42 Å². The van der Waals surface area contributed by atoms with Gasteiger partial charge in [0.25, 0.3) is 0 Å². The Morgan fingerprint density at radius 1 is 1.20 bits per heavy atom. The predicted molar refractivity (Wildman–Crippen MR) is 101 cm³/mol. The number of carbonyl (C=O) groups is 1. The van der Waals surface area contributed by atoms with Crippen LogP contribution in [0.2, 0.25) is 0 Å². The fourth-order valence-corrected chi connectivity index (χ4v) is 5.93. The Morgan fingerprint density at radius 2 is 1.96 bits per heavy atom. The van der Waals surface area contributed by atoms with Gasteiger partial charge in [-0.05, 0) is 29.9 Å². The van der Waals surface area contributed by atoms with Gasteiger partial charge in [-0.2, -0.15) is 0 Å². The lowest BCUT2D eigenvalue weighted by Crippen LogP contribution is -2.47. The summed E-state index contributed by atoms with van der Waals surface area (Å²) in [5.41, 5.74) is 1.05. The summed E-state index contributed by atoms with van der Waals surface area (Å²) >= 11 is 1.82. The molecule has 0 bridgehead atoms. The Labute approximate surface area is 152 Å². The molecule has 1 aromatic heterocycles. The number of nitrogens with zero attached hydrogens (tertiary/aromatic N) is 1. The minimum Gasteiger partial charge on any atom is -0.481 e. The Kier molecular flexibility index (Phi) is 5.06. The molecule has 1 aliphatic carbocycles. The molecule has 25 heavy (non-hydrogen) atoms. The maximum absolute atomic E-state index is 11.5. The largest absolute Gasteiger partial charge is 0.481 e. The van der Waals surface area contributed by atoms with Crippen LogP contribution in [0.4, 0.5) is 0 Å². The number of rotatable bonds is 4. The van der Waals surface area contributed by atoms with Gasteiger partial charge in [0, 0.05) is 34.6 Å². The predicted octanol–water partition coefficient (Wildman–Crippen LogP) is 3.89. The molecule has 1 N–H and O–H groups in total. The summed E-state index contributed by atoms with van der Waals surface area (Å²) in [7, 11) is 0. The smallest absolute Gasteiger partial charge is 0.307 e. The van der Waals surface area contributed by atoms with Crippen molar-refractivity contribution in [2.45, 2.75) is 44.1 Å². The van der Waals surface area contributed by atoms with Crippen molar-refractivity contribution in [1.82, 2.24) is 4.90 Å². The third-order valence-corrected chi connectivity index (χ3v) is 6.98. The van der Waals surface area contributed by atoms with Crippen LogP contribution in [-0.2, 0) is 16.0 Å². The van der Waals surface area contributed by atoms with Gasteiger partial charge < -0.3 is 9.84 Å². The highest BCUT2D eigenvalue weighted by Crippen LogP contribution is 2.44. The van der Waals surface area contributed by atoms with Crippen LogP contribution >= 0.6 is 11.3 Å². The average molecular weight is 359 g/mol. The second-order valence-electron chi connectivity index (χ2n) is 7.12. The van der Waals surface area contributed by atoms with Crippen molar-refractivity contribution < 1.29 is 14.6 Å². The van der Waals surface area contributed by atoms with Crippen molar-refractivity contribution >= 4 is 27.4 Å². The third kappa shape index (κ3) is 3.46. The number of hydrogen-bond donors (Lipinski definition) is 1. The Morgan fingerprint density at radius 3 is 2.76 bits per heavy atom. The van der Waals surface area contributed by atoms with E-state index in [2.05, 4.69) is 17.0 Å². The summed E-state index contributed by atoms with van der Waals surface area (Å²) in [6, 6.07) is 8.80. The van der Waals surface area contributed by atoms with Crippen LogP contribution in [0.15, 0.2) is 24.3 Å². The second kappa shape index (κ2) is 7.44. The molecule has 0 amide bonds. The van der Waals surface area contributed by atoms with Crippen molar-refractivity contribution in [3.8, 4) is 0 Å². The van der Waals surface area contributed by atoms with E-state index in [1.807, 2.05) is 23.5 Å². The molecule has 0 spiro atoms. The molecule has 0 unspecified atom stereocenters. The summed E-state index contributed by atoms with van der Waals surface area (Å²) < 4.78 is 6.76. The lowest BCUT2D eigenvalue weighted by atomic mass is 9.80. The molecular formula is C20H25NO3S. The third-order valence-electron chi connectivity index (χ3n) is 5.64. The monoisotopic (exact) mass is 359 g/mol. The summed E-state index contributed by atoms with van der Waals surface area (Å²) in [6.07, 6.45) is 5.03. The minimum atomic E-state index is -0.733. The first-order chi connectivity index (χ1) is 12.2. The first kappa shape index (κ1) is 17.0. The second-order valence-corrected chi connectivity index (χ2v) is 8.20. The number of carboxylic acids is 1. The molecule has 1 aromatic carbocycles. The number of aliphatic carboxylic acids is 1. The van der Waals surface area contributed by atoms with Crippen LogP contribution < -0.4 is 0 Å². The Bertz CT molecular complexity index is 750. The highest BCUT2D eigenvalue weighted by molar-refractivity contribution is 7.19. The Balaban J connectivity index is 1.73. The molecular weight excluding hydrogens is 334 g/mol. The lowest BCUT2D eigenvalue weighted by Gasteiger charge is -2.41. The molecule has 4 nitrogen and oxygen atoms in total. The number of ether oxygens (including phenoxy) is 1. The molecule has 134 valence electrons. The summed E-state index contributed by atoms with van der Waals surface area (Å²) in [5, 5.41) is 10.6. The van der Waals surface area contributed by atoms with Crippen LogP contribution in [0.1, 0.15) is 42.0 Å². The van der Waals surface area contributed by atoms with Crippen molar-refractivity contribution in [3.05, 3.63) is 34.7 Å². The number of hydrogen-bond acceptors (Lipinski definition) is 4. The summed E-state index contributed by atoms with van der Waals surface area (Å²) in [4.78, 5) is 15.4. The van der Waals surface area contributed by atoms with Crippen LogP contribution in [0.3, 0.4) is 0 Å². The molecule has 2 aliphatic rings. The van der Waals surface area contributed by atoms with Crippen LogP contribution in [-0.4, -0.2) is 48.3 Å². The molecule has 1 aliphatic heterocycles. The SMILES string of the molecule is O=C(O)Cc1c([C@@H]2CCCC[C@H]2N2CCOCC2)sc2ccccc12. The molecule has 2 aromatic rings. The molecule has 2 fully saturated rings. The van der Waals surface area contributed by atoms with Crippen molar-refractivity contribution in [2.75, 3.05) is 26.3 Å². The molecule has 2 atom stereocenters. The topological polar surface area (TPSA) is 49.8 Å². The van der Waals surface area contributed by atoms with Gasteiger partial charge in [-0.15, -0.1) is 11.3 Å². The molecule has 0 radical (unpaired) electrons. The zero-order chi connectivity index (χ0) is 17.2. The highest BCUT2D eigenvalue weighted by atomic mass is 32.1. The first-order valence-corrected chi connectivity index (χ1v) is 10.1. The van der Waals surface area contributed by atoms with Gasteiger partial charge in [0.1, 0.15) is 0 Å². The van der Waals surface area contributed by atoms with E-state index in [1.54, 1.807) is 0 Å². The van der Waals surface area contributed by atoms with E-state index in [9.17, 15) is 9.90 Å². The quantitative estimate of drug-likeness (QED) is 0.900. The maximum Gasteiger partial charge on any atom is 0.307 e. The van der Waals surface area contributed by atoms with Crippen molar-refractivity contribution in [1.29, 1.82) is 0 Å². The van der Waals surface area contributed by atoms with Gasteiger partial charge in [-0.1, -0.05) is 31.0 Å². The standard InChI is InChI=1S/C20H25NO3S/c22-19(23)13-16-14-5-2-4-8-18(14)25-20(16)15-6-1-3-7-17(15)21-9-11-24-12-10-21/h2,4-5,8,15,17H,1,3,6-7,9-13H2,(H,22,23)/t15-,17-/m1/s1. The lowest BCUT2D eigenvalue weighted by molar-refractivity contribution is -0.136. The average Bonchev–Trinajstić information content (AvgIpc) is 3.00. The first-order valence-electron chi connectivity index (χ1n) is 9.28. The van der Waals surface area contributed by atoms with Gasteiger partial charge >= 0.3 is 5.97 Å². The van der Waals surface area contributed by atoms with Gasteiger partial charge in [0.2, 0.25) is 0 Å². The minimum absolute atomic E-state index is 0.131. The van der Waals surface area contributed by atoms with Crippen LogP contribution in [0.25, 0.3) is 10.1 Å². The van der Waals surface area contributed by atoms with Gasteiger partial charge in [0.05, 0.1) is 19.6 Å². The Hall–Kier alpha value is -1.43. The number of carboxylic acid groups (broad SMARTS) is 1. The van der Waals surface area contributed by atoms with Crippen molar-refractivity contribution in [2.24, 2.45) is 0 Å². The van der Waals surface area contributed by atoms with E-state index < -0.39 is 5.97 Å². The van der Waals surface area contributed by atoms with E-state index in [4.69, 9.17) is 4.74 Å². The normalized spacial score (nSPS) is 25.3. The van der Waals surface area contributed by atoms with E-state index >= 15 is 0 Å². The number of fused-ring (bicyclic) bond motifs is 1. The summed E-state index contributed by atoms with van der Waals surface area (Å²) in [5.74, 6) is -0.276. The highest BCUT2D eigenvalue weighted by Gasteiger charge is 2.34.